The second kappa shape index (κ2) is 10.4. The van der Waals surface area contributed by atoms with Gasteiger partial charge in [0.15, 0.2) is 0 Å². The van der Waals surface area contributed by atoms with E-state index in [1.54, 1.807) is 6.92 Å². The van der Waals surface area contributed by atoms with Gasteiger partial charge in [0.25, 0.3) is 0 Å². The zero-order chi connectivity index (χ0) is 23.3. The Labute approximate surface area is 183 Å². The highest BCUT2D eigenvalue weighted by Gasteiger charge is 2.22. The third-order valence-corrected chi connectivity index (χ3v) is 5.73. The number of nitrogens with two attached hydrogens (primary N) is 1. The first-order valence-corrected chi connectivity index (χ1v) is 10.3. The van der Waals surface area contributed by atoms with E-state index < -0.39 is 29.8 Å². The normalized spacial score (nSPS) is 13.9. The first-order valence-electron chi connectivity index (χ1n) is 10.3. The summed E-state index contributed by atoms with van der Waals surface area (Å²) in [5.41, 5.74) is 11.8. The number of aryl methyl sites for hydroxylation is 2. The van der Waals surface area contributed by atoms with Gasteiger partial charge in [-0.05, 0) is 53.6 Å². The van der Waals surface area contributed by atoms with E-state index in [1.165, 1.54) is 7.11 Å². The Kier molecular flexibility index (Phi) is 8.11. The fourth-order valence-corrected chi connectivity index (χ4v) is 3.53. The van der Waals surface area contributed by atoms with Crippen LogP contribution in [0.1, 0.15) is 48.4 Å². The quantitative estimate of drug-likeness (QED) is 0.592. The van der Waals surface area contributed by atoms with Gasteiger partial charge in [0.1, 0.15) is 11.8 Å². The van der Waals surface area contributed by atoms with Crippen molar-refractivity contribution in [3.63, 3.8) is 0 Å². The van der Waals surface area contributed by atoms with Crippen molar-refractivity contribution in [3.05, 3.63) is 58.7 Å². The van der Waals surface area contributed by atoms with Gasteiger partial charge in [-0.25, -0.2) is 0 Å². The van der Waals surface area contributed by atoms with Gasteiger partial charge in [0.2, 0.25) is 0 Å². The molecule has 3 atom stereocenters. The van der Waals surface area contributed by atoms with E-state index in [2.05, 4.69) is 0 Å². The first-order chi connectivity index (χ1) is 14.5. The molecule has 6 nitrogen and oxygen atoms in total. The van der Waals surface area contributed by atoms with Crippen LogP contribution in [0.25, 0.3) is 11.1 Å². The third kappa shape index (κ3) is 6.01. The fourth-order valence-electron chi connectivity index (χ4n) is 3.53. The Hall–Kier alpha value is -2.99. The third-order valence-electron chi connectivity index (χ3n) is 5.73. The maximum absolute atomic E-state index is 12.6. The number of carboxylic acids is 1. The Morgan fingerprint density at radius 2 is 1.58 bits per heavy atom. The van der Waals surface area contributed by atoms with Crippen molar-refractivity contribution < 1.29 is 24.2 Å². The topological polar surface area (TPSA) is 107 Å². The largest absolute Gasteiger partial charge is 0.481 e. The number of Topliss-reactive ketones (excluding diaryl/α,β-unsaturated/α-hetero) is 1. The van der Waals surface area contributed by atoms with E-state index in [9.17, 15) is 14.4 Å². The van der Waals surface area contributed by atoms with Crippen LogP contribution in [0.2, 0.25) is 0 Å². The van der Waals surface area contributed by atoms with Crippen molar-refractivity contribution in [2.24, 2.45) is 11.7 Å². The number of methoxy groups -OCH3 is 1. The molecule has 0 heterocycles. The molecule has 3 N–H and O–H groups in total. The molecule has 0 spiro atoms. The minimum Gasteiger partial charge on any atom is -0.481 e. The predicted octanol–water partition coefficient (Wildman–Crippen LogP) is 3.80. The highest BCUT2D eigenvalue weighted by molar-refractivity contribution is 5.89. The molecule has 0 saturated heterocycles. The Morgan fingerprint density at radius 3 is 2.16 bits per heavy atom. The van der Waals surface area contributed by atoms with Crippen molar-refractivity contribution in [1.82, 2.24) is 0 Å². The minimum atomic E-state index is -0.970. The summed E-state index contributed by atoms with van der Waals surface area (Å²) in [6.07, 6.45) is 0.361. The number of carbonyl (C=O) groups is 3. The summed E-state index contributed by atoms with van der Waals surface area (Å²) in [5.74, 6) is -2.64. The number of ketones is 1. The number of carboxylic acid groups (broad SMARTS) is 1. The summed E-state index contributed by atoms with van der Waals surface area (Å²) in [7, 11) is 1.32. The van der Waals surface area contributed by atoms with E-state index in [1.807, 2.05) is 57.2 Å². The van der Waals surface area contributed by atoms with Crippen LogP contribution in [0.3, 0.4) is 0 Å². The zero-order valence-electron chi connectivity index (χ0n) is 18.8. The molecule has 31 heavy (non-hydrogen) atoms. The van der Waals surface area contributed by atoms with Crippen LogP contribution < -0.4 is 5.73 Å². The van der Waals surface area contributed by atoms with Crippen molar-refractivity contribution in [1.29, 1.82) is 0 Å². The molecule has 0 aliphatic heterocycles. The molecule has 6 heteroatoms. The van der Waals surface area contributed by atoms with Gasteiger partial charge in [-0.2, -0.15) is 0 Å². The molecular formula is C25H31NO5. The molecule has 0 unspecified atom stereocenters. The standard InChI is InChI=1S/C25H31NO5/c1-14-6-8-18(12-22(26)25(30)31-5)11-20(14)21-13-19(9-7-15(21)2)17(4)23(27)10-16(3)24(28)29/h6-9,11,13,16-17,22H,10,12,26H2,1-5H3,(H,28,29)/t16-,17+,22+/m1/s1. The molecule has 0 fully saturated rings. The molecule has 0 bridgehead atoms. The first kappa shape index (κ1) is 24.3. The van der Waals surface area contributed by atoms with Gasteiger partial charge in [-0.15, -0.1) is 0 Å². The molecule has 0 aliphatic carbocycles. The number of benzene rings is 2. The summed E-state index contributed by atoms with van der Waals surface area (Å²) in [6, 6.07) is 11.1. The lowest BCUT2D eigenvalue weighted by Gasteiger charge is -2.17. The van der Waals surface area contributed by atoms with Crippen LogP contribution in [-0.4, -0.2) is 36.0 Å². The summed E-state index contributed by atoms with van der Waals surface area (Å²) in [5, 5.41) is 9.09. The summed E-state index contributed by atoms with van der Waals surface area (Å²) in [4.78, 5) is 35.4. The second-order valence-corrected chi connectivity index (χ2v) is 8.19. The molecule has 2 aromatic rings. The van der Waals surface area contributed by atoms with E-state index >= 15 is 0 Å². The van der Waals surface area contributed by atoms with E-state index in [0.717, 1.165) is 33.4 Å². The van der Waals surface area contributed by atoms with Crippen LogP contribution in [0, 0.1) is 19.8 Å². The van der Waals surface area contributed by atoms with Gasteiger partial charge in [0.05, 0.1) is 13.0 Å². The molecule has 166 valence electrons. The van der Waals surface area contributed by atoms with Gasteiger partial charge in [-0.3, -0.25) is 14.4 Å². The maximum atomic E-state index is 12.6. The SMILES string of the molecule is COC(=O)[C@@H](N)Cc1ccc(C)c(-c2cc([C@H](C)C(=O)C[C@@H](C)C(=O)O)ccc2C)c1. The van der Waals surface area contributed by atoms with Gasteiger partial charge in [-0.1, -0.05) is 50.2 Å². The average molecular weight is 426 g/mol. The number of esters is 1. The van der Waals surface area contributed by atoms with Crippen molar-refractivity contribution in [2.75, 3.05) is 7.11 Å². The lowest BCUT2D eigenvalue weighted by Crippen LogP contribution is -2.33. The highest BCUT2D eigenvalue weighted by atomic mass is 16.5. The lowest BCUT2D eigenvalue weighted by molar-refractivity contribution is -0.143. The van der Waals surface area contributed by atoms with Gasteiger partial charge < -0.3 is 15.6 Å². The van der Waals surface area contributed by atoms with E-state index in [4.69, 9.17) is 15.6 Å². The highest BCUT2D eigenvalue weighted by Crippen LogP contribution is 2.32. The Morgan fingerprint density at radius 1 is 1.00 bits per heavy atom. The smallest absolute Gasteiger partial charge is 0.322 e. The number of hydrogen-bond donors (Lipinski definition) is 2. The number of rotatable bonds is 9. The van der Waals surface area contributed by atoms with Crippen molar-refractivity contribution in [2.45, 2.75) is 52.5 Å². The van der Waals surface area contributed by atoms with Crippen LogP contribution in [0.15, 0.2) is 36.4 Å². The summed E-state index contributed by atoms with van der Waals surface area (Å²) >= 11 is 0. The summed E-state index contributed by atoms with van der Waals surface area (Å²) in [6.45, 7) is 7.37. The minimum absolute atomic E-state index is 0.000358. The molecule has 0 amide bonds. The van der Waals surface area contributed by atoms with Crippen LogP contribution in [0.4, 0.5) is 0 Å². The average Bonchev–Trinajstić information content (AvgIpc) is 2.74. The number of carbonyl (C=O) groups excluding carboxylic acids is 2. The monoisotopic (exact) mass is 425 g/mol. The van der Waals surface area contributed by atoms with Crippen molar-refractivity contribution >= 4 is 17.7 Å². The fraction of sp³-hybridized carbons (Fsp3) is 0.400. The maximum Gasteiger partial charge on any atom is 0.322 e. The van der Waals surface area contributed by atoms with Crippen LogP contribution in [-0.2, 0) is 25.5 Å². The molecule has 0 saturated carbocycles. The molecule has 0 aromatic heterocycles. The van der Waals surface area contributed by atoms with Gasteiger partial charge >= 0.3 is 11.9 Å². The van der Waals surface area contributed by atoms with Crippen LogP contribution in [0.5, 0.6) is 0 Å². The molecule has 2 aromatic carbocycles. The molecule has 0 aliphatic rings. The molecule has 0 radical (unpaired) electrons. The van der Waals surface area contributed by atoms with Crippen molar-refractivity contribution in [3.8, 4) is 11.1 Å². The Balaban J connectivity index is 2.37. The Bertz CT molecular complexity index is 982. The molecule has 2 rings (SSSR count). The summed E-state index contributed by atoms with van der Waals surface area (Å²) < 4.78 is 4.72. The van der Waals surface area contributed by atoms with Gasteiger partial charge in [0, 0.05) is 12.3 Å². The predicted molar refractivity (Wildman–Crippen MR) is 120 cm³/mol. The second-order valence-electron chi connectivity index (χ2n) is 8.19. The molecular weight excluding hydrogens is 394 g/mol. The zero-order valence-corrected chi connectivity index (χ0v) is 18.8. The number of hydrogen-bond acceptors (Lipinski definition) is 5. The van der Waals surface area contributed by atoms with E-state index in [-0.39, 0.29) is 12.2 Å². The van der Waals surface area contributed by atoms with Crippen LogP contribution >= 0.6 is 0 Å². The number of ether oxygens (including phenoxy) is 1. The number of aliphatic carboxylic acids is 1. The lowest BCUT2D eigenvalue weighted by atomic mass is 9.86. The van der Waals surface area contributed by atoms with E-state index in [0.29, 0.717) is 6.42 Å².